The zero-order valence-electron chi connectivity index (χ0n) is 10.8. The molecule has 1 aromatic rings. The Bertz CT molecular complexity index is 368. The van der Waals surface area contributed by atoms with E-state index in [-0.39, 0.29) is 0 Å². The standard InChI is InChI=1S/C15H23N/c1-4-5-6-8-16-9-7-14-13(3)10-12(2)11-15(14)16/h10-11H,4-9H2,1-3H3. The fraction of sp³-hybridized carbons (Fsp3) is 0.600. The van der Waals surface area contributed by atoms with E-state index in [2.05, 4.69) is 37.8 Å². The summed E-state index contributed by atoms with van der Waals surface area (Å²) in [4.78, 5) is 2.57. The van der Waals surface area contributed by atoms with Crippen LogP contribution in [-0.4, -0.2) is 13.1 Å². The van der Waals surface area contributed by atoms with Crippen LogP contribution in [0.15, 0.2) is 12.1 Å². The van der Waals surface area contributed by atoms with E-state index in [1.807, 2.05) is 0 Å². The summed E-state index contributed by atoms with van der Waals surface area (Å²) in [7, 11) is 0. The van der Waals surface area contributed by atoms with Gasteiger partial charge in [-0.15, -0.1) is 0 Å². The molecule has 1 aromatic carbocycles. The maximum Gasteiger partial charge on any atom is 0.0404 e. The second kappa shape index (κ2) is 4.90. The van der Waals surface area contributed by atoms with E-state index < -0.39 is 0 Å². The van der Waals surface area contributed by atoms with Gasteiger partial charge in [-0.1, -0.05) is 25.8 Å². The number of benzene rings is 1. The van der Waals surface area contributed by atoms with Gasteiger partial charge in [-0.3, -0.25) is 0 Å². The molecular formula is C15H23N. The number of hydrogen-bond donors (Lipinski definition) is 0. The lowest BCUT2D eigenvalue weighted by molar-refractivity contribution is 0.688. The van der Waals surface area contributed by atoms with Crippen molar-refractivity contribution in [2.24, 2.45) is 0 Å². The molecule has 0 saturated heterocycles. The first-order valence-corrected chi connectivity index (χ1v) is 6.57. The number of unbranched alkanes of at least 4 members (excludes halogenated alkanes) is 2. The quantitative estimate of drug-likeness (QED) is 0.692. The zero-order chi connectivity index (χ0) is 11.5. The molecule has 1 heteroatoms. The van der Waals surface area contributed by atoms with E-state index >= 15 is 0 Å². The summed E-state index contributed by atoms with van der Waals surface area (Å²) in [5.41, 5.74) is 5.97. The average Bonchev–Trinajstić information content (AvgIpc) is 2.62. The lowest BCUT2D eigenvalue weighted by Crippen LogP contribution is -2.21. The van der Waals surface area contributed by atoms with Crippen LogP contribution in [0.4, 0.5) is 5.69 Å². The van der Waals surface area contributed by atoms with Crippen molar-refractivity contribution >= 4 is 5.69 Å². The first kappa shape index (κ1) is 11.5. The molecule has 0 saturated carbocycles. The first-order chi connectivity index (χ1) is 7.72. The van der Waals surface area contributed by atoms with E-state index in [1.54, 1.807) is 5.56 Å². The predicted molar refractivity (Wildman–Crippen MR) is 71.4 cm³/mol. The molecule has 16 heavy (non-hydrogen) atoms. The van der Waals surface area contributed by atoms with Crippen molar-refractivity contribution in [2.45, 2.75) is 46.5 Å². The topological polar surface area (TPSA) is 3.24 Å². The van der Waals surface area contributed by atoms with Gasteiger partial charge in [0, 0.05) is 18.8 Å². The molecule has 0 bridgehead atoms. The molecule has 1 nitrogen and oxygen atoms in total. The molecule has 1 heterocycles. The molecule has 2 rings (SSSR count). The van der Waals surface area contributed by atoms with Crippen molar-refractivity contribution in [3.8, 4) is 0 Å². The Morgan fingerprint density at radius 2 is 2.00 bits per heavy atom. The molecule has 0 unspecified atom stereocenters. The normalized spacial score (nSPS) is 14.3. The van der Waals surface area contributed by atoms with Crippen LogP contribution in [0.3, 0.4) is 0 Å². The smallest absolute Gasteiger partial charge is 0.0404 e. The Labute approximate surface area is 99.5 Å². The lowest BCUT2D eigenvalue weighted by atomic mass is 10.0. The lowest BCUT2D eigenvalue weighted by Gasteiger charge is -2.20. The van der Waals surface area contributed by atoms with Gasteiger partial charge in [-0.2, -0.15) is 0 Å². The van der Waals surface area contributed by atoms with Crippen molar-refractivity contribution in [2.75, 3.05) is 18.0 Å². The van der Waals surface area contributed by atoms with Crippen molar-refractivity contribution in [1.29, 1.82) is 0 Å². The summed E-state index contributed by atoms with van der Waals surface area (Å²) in [5.74, 6) is 0. The van der Waals surface area contributed by atoms with Gasteiger partial charge >= 0.3 is 0 Å². The number of fused-ring (bicyclic) bond motifs is 1. The Morgan fingerprint density at radius 1 is 1.19 bits per heavy atom. The van der Waals surface area contributed by atoms with Gasteiger partial charge in [-0.25, -0.2) is 0 Å². The third kappa shape index (κ3) is 2.23. The second-order valence-corrected chi connectivity index (χ2v) is 5.02. The number of rotatable bonds is 4. The van der Waals surface area contributed by atoms with Crippen LogP contribution >= 0.6 is 0 Å². The van der Waals surface area contributed by atoms with E-state index in [0.29, 0.717) is 0 Å². The van der Waals surface area contributed by atoms with Crippen molar-refractivity contribution in [3.05, 3.63) is 28.8 Å². The van der Waals surface area contributed by atoms with Crippen LogP contribution in [-0.2, 0) is 6.42 Å². The van der Waals surface area contributed by atoms with E-state index in [9.17, 15) is 0 Å². The highest BCUT2D eigenvalue weighted by atomic mass is 15.1. The molecule has 0 atom stereocenters. The fourth-order valence-corrected chi connectivity index (χ4v) is 2.73. The van der Waals surface area contributed by atoms with E-state index in [4.69, 9.17) is 0 Å². The molecule has 0 amide bonds. The number of nitrogens with zero attached hydrogens (tertiary/aromatic N) is 1. The van der Waals surface area contributed by atoms with Gasteiger partial charge < -0.3 is 4.90 Å². The molecule has 88 valence electrons. The van der Waals surface area contributed by atoms with Gasteiger partial charge in [-0.05, 0) is 49.4 Å². The van der Waals surface area contributed by atoms with Crippen LogP contribution < -0.4 is 4.90 Å². The Balaban J connectivity index is 2.12. The molecular weight excluding hydrogens is 194 g/mol. The molecule has 1 aliphatic rings. The summed E-state index contributed by atoms with van der Waals surface area (Å²) in [6.07, 6.45) is 5.25. The van der Waals surface area contributed by atoms with Gasteiger partial charge in [0.05, 0.1) is 0 Å². The molecule has 0 radical (unpaired) electrons. The van der Waals surface area contributed by atoms with Crippen LogP contribution in [0.1, 0.15) is 42.9 Å². The summed E-state index contributed by atoms with van der Waals surface area (Å²) in [5, 5.41) is 0. The van der Waals surface area contributed by atoms with Gasteiger partial charge in [0.2, 0.25) is 0 Å². The van der Waals surface area contributed by atoms with Crippen molar-refractivity contribution in [3.63, 3.8) is 0 Å². The van der Waals surface area contributed by atoms with Crippen LogP contribution in [0.5, 0.6) is 0 Å². The zero-order valence-corrected chi connectivity index (χ0v) is 10.8. The highest BCUT2D eigenvalue weighted by Gasteiger charge is 2.20. The first-order valence-electron chi connectivity index (χ1n) is 6.57. The summed E-state index contributed by atoms with van der Waals surface area (Å²) in [6, 6.07) is 4.68. The molecule has 0 aromatic heterocycles. The monoisotopic (exact) mass is 217 g/mol. The highest BCUT2D eigenvalue weighted by molar-refractivity contribution is 5.62. The molecule has 0 fully saturated rings. The minimum Gasteiger partial charge on any atom is -0.371 e. The maximum atomic E-state index is 2.57. The van der Waals surface area contributed by atoms with Gasteiger partial charge in [0.15, 0.2) is 0 Å². The van der Waals surface area contributed by atoms with Crippen LogP contribution in [0, 0.1) is 13.8 Å². The summed E-state index contributed by atoms with van der Waals surface area (Å²) >= 11 is 0. The number of aryl methyl sites for hydroxylation is 2. The minimum atomic E-state index is 1.23. The summed E-state index contributed by atoms with van der Waals surface area (Å²) in [6.45, 7) is 9.19. The predicted octanol–water partition coefficient (Wildman–Crippen LogP) is 3.86. The minimum absolute atomic E-state index is 1.23. The average molecular weight is 217 g/mol. The van der Waals surface area contributed by atoms with Crippen LogP contribution in [0.2, 0.25) is 0 Å². The SMILES string of the molecule is CCCCCN1CCc2c(C)cc(C)cc21. The molecule has 0 spiro atoms. The Morgan fingerprint density at radius 3 is 2.75 bits per heavy atom. The largest absolute Gasteiger partial charge is 0.371 e. The number of anilines is 1. The fourth-order valence-electron chi connectivity index (χ4n) is 2.73. The van der Waals surface area contributed by atoms with E-state index in [1.165, 1.54) is 55.6 Å². The molecule has 1 aliphatic heterocycles. The van der Waals surface area contributed by atoms with Crippen molar-refractivity contribution < 1.29 is 0 Å². The number of hydrogen-bond acceptors (Lipinski definition) is 1. The Kier molecular flexibility index (Phi) is 3.52. The third-order valence-electron chi connectivity index (χ3n) is 3.60. The summed E-state index contributed by atoms with van der Waals surface area (Å²) < 4.78 is 0. The van der Waals surface area contributed by atoms with Crippen LogP contribution in [0.25, 0.3) is 0 Å². The van der Waals surface area contributed by atoms with Gasteiger partial charge in [0.25, 0.3) is 0 Å². The highest BCUT2D eigenvalue weighted by Crippen LogP contribution is 2.31. The molecule has 0 N–H and O–H groups in total. The Hall–Kier alpha value is -0.980. The van der Waals surface area contributed by atoms with Crippen molar-refractivity contribution in [1.82, 2.24) is 0 Å². The van der Waals surface area contributed by atoms with Gasteiger partial charge in [0.1, 0.15) is 0 Å². The molecule has 0 aliphatic carbocycles. The van der Waals surface area contributed by atoms with E-state index in [0.717, 1.165) is 0 Å². The maximum absolute atomic E-state index is 2.57. The third-order valence-corrected chi connectivity index (χ3v) is 3.60. The second-order valence-electron chi connectivity index (χ2n) is 5.02.